The van der Waals surface area contributed by atoms with Crippen LogP contribution in [0.15, 0.2) is 18.7 Å². The number of hydrogen-bond donors (Lipinski definition) is 0. The van der Waals surface area contributed by atoms with E-state index < -0.39 is 10.8 Å². The zero-order valence-corrected chi connectivity index (χ0v) is 10.9. The van der Waals surface area contributed by atoms with Crippen LogP contribution in [0.4, 0.5) is 0 Å². The average Bonchev–Trinajstić information content (AvgIpc) is 2.74. The molecule has 1 aromatic rings. The number of nitrogens with zero attached hydrogens (tertiary/aromatic N) is 2. The fourth-order valence-electron chi connectivity index (χ4n) is 1.73. The third-order valence-corrected chi connectivity index (χ3v) is 3.52. The van der Waals surface area contributed by atoms with E-state index in [0.29, 0.717) is 0 Å². The van der Waals surface area contributed by atoms with E-state index in [4.69, 9.17) is 0 Å². The molecule has 4 heteroatoms. The summed E-state index contributed by atoms with van der Waals surface area (Å²) in [4.78, 5) is 4.01. The van der Waals surface area contributed by atoms with E-state index in [-0.39, 0.29) is 0 Å². The number of imidazole rings is 1. The second kappa shape index (κ2) is 8.50. The van der Waals surface area contributed by atoms with Crippen LogP contribution in [0.1, 0.15) is 38.5 Å². The van der Waals surface area contributed by atoms with Gasteiger partial charge in [0.2, 0.25) is 0 Å². The molecule has 1 atom stereocenters. The van der Waals surface area contributed by atoms with Crippen molar-refractivity contribution in [3.8, 4) is 0 Å². The monoisotopic (exact) mass is 242 g/mol. The van der Waals surface area contributed by atoms with Gasteiger partial charge in [-0.25, -0.2) is 4.98 Å². The van der Waals surface area contributed by atoms with E-state index in [9.17, 15) is 4.21 Å². The van der Waals surface area contributed by atoms with Gasteiger partial charge < -0.3 is 4.57 Å². The molecule has 1 aromatic heterocycles. The van der Waals surface area contributed by atoms with Crippen LogP contribution >= 0.6 is 0 Å². The maximum absolute atomic E-state index is 10.8. The molecule has 0 N–H and O–H groups in total. The molecule has 1 unspecified atom stereocenters. The molecule has 0 fully saturated rings. The molecule has 3 nitrogen and oxygen atoms in total. The molecule has 16 heavy (non-hydrogen) atoms. The molecule has 0 radical (unpaired) electrons. The third-order valence-electron chi connectivity index (χ3n) is 2.66. The molecular formula is C12H22N2OS. The first-order chi connectivity index (χ1) is 7.79. The minimum absolute atomic E-state index is 0.605. The van der Waals surface area contributed by atoms with Crippen molar-refractivity contribution in [3.05, 3.63) is 18.7 Å². The first-order valence-corrected chi connectivity index (χ1v) is 7.77. The second-order valence-electron chi connectivity index (χ2n) is 4.20. The van der Waals surface area contributed by atoms with Crippen molar-refractivity contribution in [2.45, 2.75) is 45.1 Å². The molecule has 0 aliphatic rings. The fourth-order valence-corrected chi connectivity index (χ4v) is 2.34. The highest BCUT2D eigenvalue weighted by Gasteiger charge is 1.94. The first-order valence-electron chi connectivity index (χ1n) is 6.05. The van der Waals surface area contributed by atoms with E-state index in [1.165, 1.54) is 32.1 Å². The Morgan fingerprint density at radius 2 is 1.81 bits per heavy atom. The average molecular weight is 242 g/mol. The van der Waals surface area contributed by atoms with Gasteiger partial charge in [-0.2, -0.15) is 0 Å². The lowest BCUT2D eigenvalue weighted by atomic mass is 10.1. The van der Waals surface area contributed by atoms with Crippen LogP contribution in [-0.2, 0) is 17.3 Å². The minimum Gasteiger partial charge on any atom is -0.337 e. The van der Waals surface area contributed by atoms with Crippen LogP contribution in [-0.4, -0.2) is 25.8 Å². The Bertz CT molecular complexity index is 285. The summed E-state index contributed by atoms with van der Waals surface area (Å²) in [5.74, 6) is 0.870. The summed E-state index contributed by atoms with van der Waals surface area (Å²) in [6.07, 6.45) is 14.9. The van der Waals surface area contributed by atoms with Crippen molar-refractivity contribution in [1.82, 2.24) is 9.55 Å². The zero-order valence-electron chi connectivity index (χ0n) is 10.1. The number of aromatic nitrogens is 2. The predicted molar refractivity (Wildman–Crippen MR) is 68.9 cm³/mol. The summed E-state index contributed by atoms with van der Waals surface area (Å²) in [5, 5.41) is 0. The van der Waals surface area contributed by atoms with Gasteiger partial charge in [0.05, 0.1) is 6.33 Å². The summed E-state index contributed by atoms with van der Waals surface area (Å²) in [7, 11) is -0.605. The largest absolute Gasteiger partial charge is 0.337 e. The molecule has 1 rings (SSSR count). The lowest BCUT2D eigenvalue weighted by Crippen LogP contribution is -1.95. The molecule has 0 saturated carbocycles. The van der Waals surface area contributed by atoms with Crippen LogP contribution in [0.3, 0.4) is 0 Å². The van der Waals surface area contributed by atoms with E-state index in [2.05, 4.69) is 9.55 Å². The van der Waals surface area contributed by atoms with Gasteiger partial charge >= 0.3 is 0 Å². The highest BCUT2D eigenvalue weighted by Crippen LogP contribution is 2.06. The van der Waals surface area contributed by atoms with Crippen LogP contribution in [0.5, 0.6) is 0 Å². The molecule has 0 saturated heterocycles. The summed E-state index contributed by atoms with van der Waals surface area (Å²) in [6.45, 7) is 1.08. The number of aryl methyl sites for hydroxylation is 1. The molecule has 0 aliphatic heterocycles. The van der Waals surface area contributed by atoms with Crippen LogP contribution in [0.25, 0.3) is 0 Å². The smallest absolute Gasteiger partial charge is 0.0945 e. The standard InChI is InChI=1S/C12H22N2OS/c1-16(15)11-7-5-3-2-4-6-9-14-10-8-13-12-14/h8,10,12H,2-7,9,11H2,1H3. The Morgan fingerprint density at radius 3 is 2.44 bits per heavy atom. The van der Waals surface area contributed by atoms with Crippen LogP contribution < -0.4 is 0 Å². The Morgan fingerprint density at radius 1 is 1.12 bits per heavy atom. The topological polar surface area (TPSA) is 34.9 Å². The Labute approximate surface area is 101 Å². The van der Waals surface area contributed by atoms with Gasteiger partial charge in [-0.15, -0.1) is 0 Å². The molecule has 92 valence electrons. The summed E-state index contributed by atoms with van der Waals surface area (Å²) < 4.78 is 12.9. The quantitative estimate of drug-likeness (QED) is 0.624. The minimum atomic E-state index is -0.605. The lowest BCUT2D eigenvalue weighted by molar-refractivity contribution is 0.558. The molecular weight excluding hydrogens is 220 g/mol. The summed E-state index contributed by atoms with van der Waals surface area (Å²) in [6, 6.07) is 0. The summed E-state index contributed by atoms with van der Waals surface area (Å²) >= 11 is 0. The normalized spacial score (nSPS) is 12.8. The van der Waals surface area contributed by atoms with Crippen molar-refractivity contribution < 1.29 is 4.21 Å². The van der Waals surface area contributed by atoms with Crippen molar-refractivity contribution >= 4 is 10.8 Å². The Kier molecular flexibility index (Phi) is 7.14. The van der Waals surface area contributed by atoms with Crippen LogP contribution in [0.2, 0.25) is 0 Å². The number of hydrogen-bond acceptors (Lipinski definition) is 2. The van der Waals surface area contributed by atoms with Gasteiger partial charge in [-0.1, -0.05) is 25.7 Å². The summed E-state index contributed by atoms with van der Waals surface area (Å²) in [5.41, 5.74) is 0. The van der Waals surface area contributed by atoms with Gasteiger partial charge in [-0.3, -0.25) is 4.21 Å². The van der Waals surface area contributed by atoms with E-state index in [1.54, 1.807) is 6.26 Å². The van der Waals surface area contributed by atoms with Crippen molar-refractivity contribution in [1.29, 1.82) is 0 Å². The maximum Gasteiger partial charge on any atom is 0.0945 e. The molecule has 0 aliphatic carbocycles. The van der Waals surface area contributed by atoms with E-state index in [0.717, 1.165) is 18.7 Å². The zero-order chi connectivity index (χ0) is 11.6. The highest BCUT2D eigenvalue weighted by molar-refractivity contribution is 7.84. The van der Waals surface area contributed by atoms with Gasteiger partial charge in [0.1, 0.15) is 0 Å². The molecule has 0 bridgehead atoms. The van der Waals surface area contributed by atoms with Crippen molar-refractivity contribution in [2.24, 2.45) is 0 Å². The first kappa shape index (κ1) is 13.4. The maximum atomic E-state index is 10.8. The fraction of sp³-hybridized carbons (Fsp3) is 0.750. The third kappa shape index (κ3) is 6.77. The molecule has 0 aromatic carbocycles. The Balaban J connectivity index is 1.83. The van der Waals surface area contributed by atoms with Gasteiger partial charge in [0.25, 0.3) is 0 Å². The van der Waals surface area contributed by atoms with Crippen molar-refractivity contribution in [3.63, 3.8) is 0 Å². The van der Waals surface area contributed by atoms with E-state index >= 15 is 0 Å². The van der Waals surface area contributed by atoms with Crippen molar-refractivity contribution in [2.75, 3.05) is 12.0 Å². The molecule has 0 amide bonds. The van der Waals surface area contributed by atoms with Gasteiger partial charge in [0.15, 0.2) is 0 Å². The molecule has 0 spiro atoms. The van der Waals surface area contributed by atoms with Gasteiger partial charge in [0, 0.05) is 41.7 Å². The van der Waals surface area contributed by atoms with E-state index in [1.807, 2.05) is 18.7 Å². The Hall–Kier alpha value is -0.640. The predicted octanol–water partition coefficient (Wildman–Crippen LogP) is 2.60. The number of rotatable bonds is 9. The lowest BCUT2D eigenvalue weighted by Gasteiger charge is -2.02. The number of unbranched alkanes of at least 4 members (excludes halogenated alkanes) is 5. The second-order valence-corrected chi connectivity index (χ2v) is 5.75. The SMILES string of the molecule is CS(=O)CCCCCCCCn1ccnc1. The highest BCUT2D eigenvalue weighted by atomic mass is 32.2. The van der Waals surface area contributed by atoms with Gasteiger partial charge in [-0.05, 0) is 12.8 Å². The molecule has 1 heterocycles. The van der Waals surface area contributed by atoms with Crippen LogP contribution in [0, 0.1) is 0 Å².